The van der Waals surface area contributed by atoms with Gasteiger partial charge >= 0.3 is 0 Å². The zero-order valence-electron chi connectivity index (χ0n) is 8.00. The van der Waals surface area contributed by atoms with Gasteiger partial charge < -0.3 is 5.73 Å². The molecule has 0 fully saturated rings. The molecular weight excluding hydrogens is 198 g/mol. The van der Waals surface area contributed by atoms with Gasteiger partial charge in [-0.3, -0.25) is 4.68 Å². The van der Waals surface area contributed by atoms with Gasteiger partial charge in [0.1, 0.15) is 0 Å². The lowest BCUT2D eigenvalue weighted by atomic mass is 10.1. The second-order valence-electron chi connectivity index (χ2n) is 3.27. The average Bonchev–Trinajstić information content (AvgIpc) is 2.43. The van der Waals surface area contributed by atoms with Gasteiger partial charge in [0.15, 0.2) is 0 Å². The maximum atomic E-state index is 5.88. The van der Waals surface area contributed by atoms with Crippen molar-refractivity contribution in [2.75, 3.05) is 6.54 Å². The summed E-state index contributed by atoms with van der Waals surface area (Å²) in [4.78, 5) is 0. The fourth-order valence-electron chi connectivity index (χ4n) is 1.66. The van der Waals surface area contributed by atoms with E-state index in [9.17, 15) is 0 Å². The Kier molecular flexibility index (Phi) is 2.44. The van der Waals surface area contributed by atoms with Crippen molar-refractivity contribution >= 4 is 22.5 Å². The number of benzene rings is 1. The number of aryl methyl sites for hydroxylation is 1. The topological polar surface area (TPSA) is 43.8 Å². The van der Waals surface area contributed by atoms with Crippen molar-refractivity contribution in [1.29, 1.82) is 0 Å². The molecule has 74 valence electrons. The Morgan fingerprint density at radius 3 is 3.00 bits per heavy atom. The number of aromatic nitrogens is 2. The molecule has 1 aromatic heterocycles. The summed E-state index contributed by atoms with van der Waals surface area (Å²) in [5, 5.41) is 6.23. The van der Waals surface area contributed by atoms with E-state index in [0.717, 1.165) is 22.3 Å². The molecule has 0 atom stereocenters. The Labute approximate surface area is 87.5 Å². The molecule has 0 spiro atoms. The van der Waals surface area contributed by atoms with Crippen LogP contribution in [0, 0.1) is 0 Å². The Hall–Kier alpha value is -1.06. The highest BCUT2D eigenvalue weighted by Crippen LogP contribution is 2.21. The van der Waals surface area contributed by atoms with Gasteiger partial charge in [-0.2, -0.15) is 5.10 Å². The molecule has 1 heterocycles. The summed E-state index contributed by atoms with van der Waals surface area (Å²) in [7, 11) is 1.93. The van der Waals surface area contributed by atoms with Gasteiger partial charge in [0.05, 0.1) is 5.52 Å². The first-order valence-electron chi connectivity index (χ1n) is 4.53. The first-order chi connectivity index (χ1) is 6.72. The molecule has 3 nitrogen and oxygen atoms in total. The fraction of sp³-hybridized carbons (Fsp3) is 0.300. The third-order valence-electron chi connectivity index (χ3n) is 2.30. The molecule has 0 aliphatic rings. The summed E-state index contributed by atoms with van der Waals surface area (Å²) in [6.07, 6.45) is 0.842. The van der Waals surface area contributed by atoms with E-state index in [0.29, 0.717) is 6.54 Å². The summed E-state index contributed by atoms with van der Waals surface area (Å²) >= 11 is 5.88. The van der Waals surface area contributed by atoms with Crippen LogP contribution >= 0.6 is 11.6 Å². The van der Waals surface area contributed by atoms with Gasteiger partial charge in [-0.1, -0.05) is 11.6 Å². The normalized spacial score (nSPS) is 11.1. The maximum Gasteiger partial charge on any atom is 0.0940 e. The first-order valence-corrected chi connectivity index (χ1v) is 4.91. The number of rotatable bonds is 2. The highest BCUT2D eigenvalue weighted by molar-refractivity contribution is 6.31. The largest absolute Gasteiger partial charge is 0.330 e. The minimum absolute atomic E-state index is 0.636. The van der Waals surface area contributed by atoms with Crippen LogP contribution in [0.25, 0.3) is 10.9 Å². The van der Waals surface area contributed by atoms with Crippen LogP contribution in [0.15, 0.2) is 18.2 Å². The molecule has 0 unspecified atom stereocenters. The van der Waals surface area contributed by atoms with Crippen molar-refractivity contribution in [2.24, 2.45) is 12.8 Å². The fourth-order valence-corrected chi connectivity index (χ4v) is 1.83. The molecule has 0 aliphatic heterocycles. The number of fused-ring (bicyclic) bond motifs is 1. The highest BCUT2D eigenvalue weighted by atomic mass is 35.5. The zero-order valence-corrected chi connectivity index (χ0v) is 8.75. The molecule has 0 radical (unpaired) electrons. The molecular formula is C10H12ClN3. The molecule has 0 aliphatic carbocycles. The molecule has 0 bridgehead atoms. The summed E-state index contributed by atoms with van der Waals surface area (Å²) in [6, 6.07) is 5.75. The quantitative estimate of drug-likeness (QED) is 0.819. The van der Waals surface area contributed by atoms with Crippen molar-refractivity contribution < 1.29 is 0 Å². The zero-order chi connectivity index (χ0) is 10.1. The van der Waals surface area contributed by atoms with Gasteiger partial charge in [0.2, 0.25) is 0 Å². The van der Waals surface area contributed by atoms with E-state index in [4.69, 9.17) is 17.3 Å². The van der Waals surface area contributed by atoms with Crippen LogP contribution in [0.5, 0.6) is 0 Å². The minimum atomic E-state index is 0.636. The summed E-state index contributed by atoms with van der Waals surface area (Å²) in [6.45, 7) is 0.636. The van der Waals surface area contributed by atoms with Crippen molar-refractivity contribution in [3.05, 3.63) is 28.9 Å². The molecule has 4 heteroatoms. The van der Waals surface area contributed by atoms with E-state index in [2.05, 4.69) is 5.10 Å². The van der Waals surface area contributed by atoms with Crippen LogP contribution in [0.1, 0.15) is 5.69 Å². The number of nitrogens with two attached hydrogens (primary N) is 1. The Morgan fingerprint density at radius 1 is 1.50 bits per heavy atom. The number of hydrogen-bond acceptors (Lipinski definition) is 2. The van der Waals surface area contributed by atoms with Crippen LogP contribution in [0.4, 0.5) is 0 Å². The van der Waals surface area contributed by atoms with Crippen LogP contribution in [-0.4, -0.2) is 16.3 Å². The summed E-state index contributed by atoms with van der Waals surface area (Å²) < 4.78 is 1.87. The number of nitrogens with zero attached hydrogens (tertiary/aromatic N) is 2. The molecule has 14 heavy (non-hydrogen) atoms. The van der Waals surface area contributed by atoms with Gasteiger partial charge in [-0.05, 0) is 24.7 Å². The van der Waals surface area contributed by atoms with E-state index in [1.807, 2.05) is 29.9 Å². The number of hydrogen-bond donors (Lipinski definition) is 1. The Bertz CT molecular complexity index is 462. The summed E-state index contributed by atoms with van der Waals surface area (Å²) in [5.74, 6) is 0. The monoisotopic (exact) mass is 209 g/mol. The standard InChI is InChI=1S/C10H12ClN3/c1-14-10(4-5-12)8-3-2-7(11)6-9(8)13-14/h2-3,6H,4-5,12H2,1H3. The van der Waals surface area contributed by atoms with Crippen molar-refractivity contribution in [2.45, 2.75) is 6.42 Å². The first kappa shape index (κ1) is 9.49. The Morgan fingerprint density at radius 2 is 2.29 bits per heavy atom. The molecule has 0 saturated carbocycles. The lowest BCUT2D eigenvalue weighted by Crippen LogP contribution is -2.07. The lowest BCUT2D eigenvalue weighted by molar-refractivity contribution is 0.716. The van der Waals surface area contributed by atoms with E-state index in [-0.39, 0.29) is 0 Å². The van der Waals surface area contributed by atoms with Gasteiger partial charge in [-0.15, -0.1) is 0 Å². The van der Waals surface area contributed by atoms with E-state index < -0.39 is 0 Å². The predicted octanol–water partition coefficient (Wildman–Crippen LogP) is 1.73. The third kappa shape index (κ3) is 1.49. The van der Waals surface area contributed by atoms with Crippen molar-refractivity contribution in [3.63, 3.8) is 0 Å². The molecule has 2 aromatic rings. The summed E-state index contributed by atoms with van der Waals surface area (Å²) in [5.41, 5.74) is 7.64. The maximum absolute atomic E-state index is 5.88. The Balaban J connectivity index is 2.64. The average molecular weight is 210 g/mol. The molecule has 2 N–H and O–H groups in total. The lowest BCUT2D eigenvalue weighted by Gasteiger charge is -1.98. The van der Waals surface area contributed by atoms with Crippen LogP contribution in [0.2, 0.25) is 5.02 Å². The van der Waals surface area contributed by atoms with Crippen molar-refractivity contribution in [1.82, 2.24) is 9.78 Å². The van der Waals surface area contributed by atoms with Gasteiger partial charge in [-0.25, -0.2) is 0 Å². The van der Waals surface area contributed by atoms with Gasteiger partial charge in [0, 0.05) is 29.6 Å². The van der Waals surface area contributed by atoms with Crippen LogP contribution in [-0.2, 0) is 13.5 Å². The second kappa shape index (κ2) is 3.59. The molecule has 0 amide bonds. The highest BCUT2D eigenvalue weighted by Gasteiger charge is 2.07. The molecule has 0 saturated heterocycles. The van der Waals surface area contributed by atoms with E-state index in [1.54, 1.807) is 0 Å². The van der Waals surface area contributed by atoms with Crippen molar-refractivity contribution in [3.8, 4) is 0 Å². The van der Waals surface area contributed by atoms with E-state index >= 15 is 0 Å². The number of halogens is 1. The molecule has 1 aromatic carbocycles. The smallest absolute Gasteiger partial charge is 0.0940 e. The molecule has 2 rings (SSSR count). The minimum Gasteiger partial charge on any atom is -0.330 e. The predicted molar refractivity (Wildman–Crippen MR) is 58.5 cm³/mol. The van der Waals surface area contributed by atoms with Crippen LogP contribution in [0.3, 0.4) is 0 Å². The van der Waals surface area contributed by atoms with E-state index in [1.165, 1.54) is 5.69 Å². The van der Waals surface area contributed by atoms with Gasteiger partial charge in [0.25, 0.3) is 0 Å². The SMILES string of the molecule is Cn1nc2cc(Cl)ccc2c1CCN. The van der Waals surface area contributed by atoms with Crippen LogP contribution < -0.4 is 5.73 Å². The second-order valence-corrected chi connectivity index (χ2v) is 3.71. The third-order valence-corrected chi connectivity index (χ3v) is 2.54.